The monoisotopic (exact) mass is 397 g/mol. The number of anilines is 2. The molecule has 0 aliphatic carbocycles. The van der Waals surface area contributed by atoms with Gasteiger partial charge in [0.05, 0.1) is 19.4 Å². The minimum Gasteiger partial charge on any atom is -0.497 e. The van der Waals surface area contributed by atoms with Crippen LogP contribution in [0.25, 0.3) is 16.9 Å². The third-order valence-corrected chi connectivity index (χ3v) is 5.17. The lowest BCUT2D eigenvalue weighted by molar-refractivity contribution is 0.205. The van der Waals surface area contributed by atoms with Crippen LogP contribution in [-0.4, -0.2) is 48.5 Å². The number of fused-ring (bicyclic) bond motifs is 1. The highest BCUT2D eigenvalue weighted by Crippen LogP contribution is 2.31. The van der Waals surface area contributed by atoms with Crippen LogP contribution in [0.2, 0.25) is 0 Å². The molecule has 3 rings (SSSR count). The van der Waals surface area contributed by atoms with Gasteiger partial charge in [-0.3, -0.25) is 0 Å². The van der Waals surface area contributed by atoms with E-state index in [2.05, 4.69) is 35.9 Å². The van der Waals surface area contributed by atoms with Gasteiger partial charge in [0.2, 0.25) is 0 Å². The molecule has 1 aromatic carbocycles. The number of benzene rings is 1. The first kappa shape index (κ1) is 20.9. The first-order valence-electron chi connectivity index (χ1n) is 10.1. The molecule has 0 saturated carbocycles. The average molecular weight is 398 g/mol. The van der Waals surface area contributed by atoms with E-state index >= 15 is 0 Å². The second-order valence-corrected chi connectivity index (χ2v) is 7.10. The molecule has 0 amide bonds. The Morgan fingerprint density at radius 2 is 1.93 bits per heavy atom. The molecule has 0 atom stereocenters. The number of hydrogen-bond donors (Lipinski definition) is 1. The largest absolute Gasteiger partial charge is 0.497 e. The number of aryl methyl sites for hydroxylation is 1. The van der Waals surface area contributed by atoms with Crippen LogP contribution in [0, 0.1) is 6.92 Å². The lowest BCUT2D eigenvalue weighted by Crippen LogP contribution is -2.31. The van der Waals surface area contributed by atoms with E-state index < -0.39 is 0 Å². The SMILES string of the molecule is CCCN(CCOC)c1c(C)c(N)nc2cc(-c3ccc(OC)cc3CC)nn12. The Bertz CT molecular complexity index is 983. The van der Waals surface area contributed by atoms with Gasteiger partial charge in [0.1, 0.15) is 17.4 Å². The van der Waals surface area contributed by atoms with Gasteiger partial charge in [0, 0.05) is 37.4 Å². The van der Waals surface area contributed by atoms with Crippen molar-refractivity contribution in [2.75, 3.05) is 44.5 Å². The lowest BCUT2D eigenvalue weighted by atomic mass is 10.0. The molecule has 0 unspecified atom stereocenters. The Morgan fingerprint density at radius 1 is 1.14 bits per heavy atom. The molecule has 0 spiro atoms. The van der Waals surface area contributed by atoms with Crippen molar-refractivity contribution < 1.29 is 9.47 Å². The molecule has 0 bridgehead atoms. The topological polar surface area (TPSA) is 77.9 Å². The molecule has 29 heavy (non-hydrogen) atoms. The van der Waals surface area contributed by atoms with Crippen molar-refractivity contribution in [3.63, 3.8) is 0 Å². The van der Waals surface area contributed by atoms with E-state index in [1.807, 2.05) is 23.6 Å². The minimum absolute atomic E-state index is 0.530. The van der Waals surface area contributed by atoms with Crippen molar-refractivity contribution >= 4 is 17.3 Å². The van der Waals surface area contributed by atoms with Crippen molar-refractivity contribution in [1.82, 2.24) is 14.6 Å². The van der Waals surface area contributed by atoms with Crippen molar-refractivity contribution in [2.45, 2.75) is 33.6 Å². The van der Waals surface area contributed by atoms with Crippen LogP contribution in [0.1, 0.15) is 31.4 Å². The maximum atomic E-state index is 6.26. The van der Waals surface area contributed by atoms with E-state index in [9.17, 15) is 0 Å². The number of hydrogen-bond acceptors (Lipinski definition) is 6. The predicted molar refractivity (Wildman–Crippen MR) is 118 cm³/mol. The number of nitrogens with zero attached hydrogens (tertiary/aromatic N) is 4. The van der Waals surface area contributed by atoms with Gasteiger partial charge in [-0.2, -0.15) is 9.61 Å². The standard InChI is InChI=1S/C22H31N5O2/c1-6-10-26(11-12-28-4)22-15(3)21(23)24-20-14-19(25-27(20)22)18-9-8-17(29-5)13-16(18)7-2/h8-9,13-14H,6-7,10-12H2,1-5H3,(H2,23,24). The van der Waals surface area contributed by atoms with E-state index in [0.29, 0.717) is 12.4 Å². The third-order valence-electron chi connectivity index (χ3n) is 5.17. The molecule has 3 aromatic rings. The van der Waals surface area contributed by atoms with Crippen molar-refractivity contribution in [3.05, 3.63) is 35.4 Å². The summed E-state index contributed by atoms with van der Waals surface area (Å²) >= 11 is 0. The van der Waals surface area contributed by atoms with Crippen LogP contribution in [0.5, 0.6) is 5.75 Å². The predicted octanol–water partition coefficient (Wildman–Crippen LogP) is 3.72. The fourth-order valence-electron chi connectivity index (χ4n) is 3.62. The molecule has 2 heterocycles. The molecule has 0 saturated heterocycles. The number of methoxy groups -OCH3 is 2. The molecule has 7 nitrogen and oxygen atoms in total. The maximum absolute atomic E-state index is 6.26. The second-order valence-electron chi connectivity index (χ2n) is 7.10. The van der Waals surface area contributed by atoms with Gasteiger partial charge in [0.25, 0.3) is 0 Å². The number of aromatic nitrogens is 3. The molecule has 0 aliphatic rings. The van der Waals surface area contributed by atoms with Crippen molar-refractivity contribution in [3.8, 4) is 17.0 Å². The molecule has 2 N–H and O–H groups in total. The van der Waals surface area contributed by atoms with Gasteiger partial charge in [-0.1, -0.05) is 13.8 Å². The number of rotatable bonds is 9. The Balaban J connectivity index is 2.17. The van der Waals surface area contributed by atoms with Crippen LogP contribution < -0.4 is 15.4 Å². The van der Waals surface area contributed by atoms with E-state index in [1.165, 1.54) is 5.56 Å². The van der Waals surface area contributed by atoms with Gasteiger partial charge >= 0.3 is 0 Å². The van der Waals surface area contributed by atoms with Gasteiger partial charge in [-0.15, -0.1) is 0 Å². The zero-order valence-electron chi connectivity index (χ0n) is 18.0. The molecule has 0 fully saturated rings. The number of nitrogens with two attached hydrogens (primary N) is 1. The summed E-state index contributed by atoms with van der Waals surface area (Å²) in [6, 6.07) is 8.09. The molecule has 0 aliphatic heterocycles. The fourth-order valence-corrected chi connectivity index (χ4v) is 3.62. The average Bonchev–Trinajstić information content (AvgIpc) is 3.14. The normalized spacial score (nSPS) is 11.2. The molecule has 7 heteroatoms. The van der Waals surface area contributed by atoms with Gasteiger partial charge in [-0.25, -0.2) is 4.98 Å². The Morgan fingerprint density at radius 3 is 2.59 bits per heavy atom. The summed E-state index contributed by atoms with van der Waals surface area (Å²) in [5, 5.41) is 4.94. The Kier molecular flexibility index (Phi) is 6.59. The van der Waals surface area contributed by atoms with Crippen LogP contribution in [0.4, 0.5) is 11.6 Å². The quantitative estimate of drug-likeness (QED) is 0.593. The summed E-state index contributed by atoms with van der Waals surface area (Å²) in [5.41, 5.74) is 11.1. The van der Waals surface area contributed by atoms with E-state index in [1.54, 1.807) is 14.2 Å². The number of ether oxygens (including phenoxy) is 2. The molecular formula is C22H31N5O2. The van der Waals surface area contributed by atoms with Crippen molar-refractivity contribution in [1.29, 1.82) is 0 Å². The summed E-state index contributed by atoms with van der Waals surface area (Å²) in [7, 11) is 3.40. The first-order valence-corrected chi connectivity index (χ1v) is 10.1. The molecule has 0 radical (unpaired) electrons. The third kappa shape index (κ3) is 4.15. The molecule has 156 valence electrons. The van der Waals surface area contributed by atoms with Crippen LogP contribution in [-0.2, 0) is 11.2 Å². The van der Waals surface area contributed by atoms with Gasteiger partial charge < -0.3 is 20.1 Å². The highest BCUT2D eigenvalue weighted by atomic mass is 16.5. The zero-order valence-corrected chi connectivity index (χ0v) is 18.0. The summed E-state index contributed by atoms with van der Waals surface area (Å²) < 4.78 is 12.6. The van der Waals surface area contributed by atoms with E-state index in [4.69, 9.17) is 20.3 Å². The zero-order chi connectivity index (χ0) is 21.0. The maximum Gasteiger partial charge on any atom is 0.160 e. The van der Waals surface area contributed by atoms with Gasteiger partial charge in [0.15, 0.2) is 5.65 Å². The van der Waals surface area contributed by atoms with Crippen molar-refractivity contribution in [2.24, 2.45) is 0 Å². The molecule has 2 aromatic heterocycles. The smallest absolute Gasteiger partial charge is 0.160 e. The Labute approximate surface area is 172 Å². The second kappa shape index (κ2) is 9.13. The Hall–Kier alpha value is -2.80. The summed E-state index contributed by atoms with van der Waals surface area (Å²) in [6.45, 7) is 8.58. The van der Waals surface area contributed by atoms with Crippen LogP contribution in [0.15, 0.2) is 24.3 Å². The van der Waals surface area contributed by atoms with E-state index in [0.717, 1.165) is 60.0 Å². The number of nitrogen functional groups attached to an aromatic ring is 1. The van der Waals surface area contributed by atoms with Crippen LogP contribution in [0.3, 0.4) is 0 Å². The van der Waals surface area contributed by atoms with Crippen LogP contribution >= 0.6 is 0 Å². The highest BCUT2D eigenvalue weighted by Gasteiger charge is 2.19. The summed E-state index contributed by atoms with van der Waals surface area (Å²) in [6.07, 6.45) is 1.90. The van der Waals surface area contributed by atoms with Gasteiger partial charge in [-0.05, 0) is 43.5 Å². The van der Waals surface area contributed by atoms with E-state index in [-0.39, 0.29) is 0 Å². The summed E-state index contributed by atoms with van der Waals surface area (Å²) in [4.78, 5) is 6.86. The molecular weight excluding hydrogens is 366 g/mol. The minimum atomic E-state index is 0.530. The first-order chi connectivity index (χ1) is 14.0. The lowest BCUT2D eigenvalue weighted by Gasteiger charge is -2.26. The fraction of sp³-hybridized carbons (Fsp3) is 0.455. The summed E-state index contributed by atoms with van der Waals surface area (Å²) in [5.74, 6) is 2.36. The highest BCUT2D eigenvalue weighted by molar-refractivity contribution is 5.72.